The highest BCUT2D eigenvalue weighted by molar-refractivity contribution is 5.82. The van der Waals surface area contributed by atoms with Crippen molar-refractivity contribution in [1.29, 1.82) is 0 Å². The van der Waals surface area contributed by atoms with Crippen LogP contribution in [0.15, 0.2) is 0 Å². The van der Waals surface area contributed by atoms with Gasteiger partial charge in [-0.3, -0.25) is 4.79 Å². The molecule has 5 nitrogen and oxygen atoms in total. The zero-order valence-corrected chi connectivity index (χ0v) is 11.3. The van der Waals surface area contributed by atoms with Crippen LogP contribution in [0.2, 0.25) is 0 Å². The molecule has 1 aliphatic heterocycles. The van der Waals surface area contributed by atoms with E-state index in [1.165, 1.54) is 0 Å². The van der Waals surface area contributed by atoms with E-state index in [9.17, 15) is 9.90 Å². The molecule has 17 heavy (non-hydrogen) atoms. The highest BCUT2D eigenvalue weighted by atomic mass is 16.3. The summed E-state index contributed by atoms with van der Waals surface area (Å²) in [4.78, 5) is 16.2. The quantitative estimate of drug-likeness (QED) is 0.684. The molecule has 1 rings (SSSR count). The van der Waals surface area contributed by atoms with Crippen molar-refractivity contribution in [2.75, 3.05) is 33.7 Å². The van der Waals surface area contributed by atoms with E-state index < -0.39 is 0 Å². The fourth-order valence-corrected chi connectivity index (χ4v) is 2.42. The van der Waals surface area contributed by atoms with Gasteiger partial charge in [-0.05, 0) is 34.4 Å². The van der Waals surface area contributed by atoms with Gasteiger partial charge < -0.3 is 20.2 Å². The summed E-state index contributed by atoms with van der Waals surface area (Å²) in [6, 6.07) is -0.0170. The van der Waals surface area contributed by atoms with Gasteiger partial charge in [0.2, 0.25) is 5.91 Å². The number of rotatable bonds is 5. The standard InChI is InChI=1S/C12H25N3O2/c1-5-15(9(2)8-14(3)4)12(17)11-6-10(16)7-13-11/h9-11,13,16H,5-8H2,1-4H3. The van der Waals surface area contributed by atoms with Crippen LogP contribution in [-0.4, -0.2) is 72.7 Å². The number of nitrogens with zero attached hydrogens (tertiary/aromatic N) is 2. The van der Waals surface area contributed by atoms with Gasteiger partial charge in [-0.2, -0.15) is 0 Å². The monoisotopic (exact) mass is 243 g/mol. The van der Waals surface area contributed by atoms with Gasteiger partial charge in [-0.25, -0.2) is 0 Å². The number of aliphatic hydroxyl groups is 1. The predicted molar refractivity (Wildman–Crippen MR) is 67.8 cm³/mol. The number of aliphatic hydroxyl groups excluding tert-OH is 1. The van der Waals surface area contributed by atoms with Crippen LogP contribution < -0.4 is 5.32 Å². The Bertz CT molecular complexity index is 258. The molecule has 0 bridgehead atoms. The molecule has 2 N–H and O–H groups in total. The molecule has 100 valence electrons. The summed E-state index contributed by atoms with van der Waals surface area (Å²) in [5.74, 6) is 0.110. The minimum Gasteiger partial charge on any atom is -0.392 e. The predicted octanol–water partition coefficient (Wildman–Crippen LogP) is -0.492. The Labute approximate surface area is 104 Å². The lowest BCUT2D eigenvalue weighted by Gasteiger charge is -2.32. The molecule has 1 aliphatic rings. The first-order valence-corrected chi connectivity index (χ1v) is 6.32. The number of β-amino-alcohol motifs (C(OH)–C–C–N with tert-alkyl or cyclic N) is 1. The van der Waals surface area contributed by atoms with Crippen molar-refractivity contribution in [3.8, 4) is 0 Å². The molecular formula is C12H25N3O2. The normalized spacial score (nSPS) is 26.2. The first-order valence-electron chi connectivity index (χ1n) is 6.32. The highest BCUT2D eigenvalue weighted by Gasteiger charge is 2.32. The van der Waals surface area contributed by atoms with E-state index >= 15 is 0 Å². The zero-order valence-electron chi connectivity index (χ0n) is 11.3. The second-order valence-electron chi connectivity index (χ2n) is 5.09. The Morgan fingerprint density at radius 2 is 2.18 bits per heavy atom. The van der Waals surface area contributed by atoms with E-state index in [-0.39, 0.29) is 24.1 Å². The summed E-state index contributed by atoms with van der Waals surface area (Å²) in [5.41, 5.74) is 0. The number of amides is 1. The first-order chi connectivity index (χ1) is 7.95. The van der Waals surface area contributed by atoms with Crippen molar-refractivity contribution in [3.05, 3.63) is 0 Å². The van der Waals surface area contributed by atoms with E-state index in [1.54, 1.807) is 0 Å². The van der Waals surface area contributed by atoms with Crippen molar-refractivity contribution in [2.45, 2.75) is 38.5 Å². The molecule has 3 unspecified atom stereocenters. The van der Waals surface area contributed by atoms with E-state index in [0.29, 0.717) is 19.5 Å². The minimum atomic E-state index is -0.383. The number of hydrogen-bond acceptors (Lipinski definition) is 4. The molecule has 1 amide bonds. The molecule has 0 saturated carbocycles. The lowest BCUT2D eigenvalue weighted by atomic mass is 10.1. The maximum Gasteiger partial charge on any atom is 0.240 e. The van der Waals surface area contributed by atoms with E-state index in [4.69, 9.17) is 0 Å². The summed E-state index contributed by atoms with van der Waals surface area (Å²) in [7, 11) is 4.01. The van der Waals surface area contributed by atoms with Crippen molar-refractivity contribution in [1.82, 2.24) is 15.1 Å². The van der Waals surface area contributed by atoms with Crippen LogP contribution in [0.3, 0.4) is 0 Å². The van der Waals surface area contributed by atoms with Crippen LogP contribution in [-0.2, 0) is 4.79 Å². The molecule has 5 heteroatoms. The molecule has 0 aromatic carbocycles. The van der Waals surface area contributed by atoms with Crippen LogP contribution in [0.4, 0.5) is 0 Å². The van der Waals surface area contributed by atoms with Crippen LogP contribution in [0.25, 0.3) is 0 Å². The van der Waals surface area contributed by atoms with E-state index in [1.807, 2.05) is 25.9 Å². The van der Waals surface area contributed by atoms with Gasteiger partial charge in [0.1, 0.15) is 0 Å². The average molecular weight is 243 g/mol. The second kappa shape index (κ2) is 6.33. The summed E-state index contributed by atoms with van der Waals surface area (Å²) in [6.07, 6.45) is 0.149. The summed E-state index contributed by atoms with van der Waals surface area (Å²) < 4.78 is 0. The molecule has 1 fully saturated rings. The summed E-state index contributed by atoms with van der Waals surface area (Å²) >= 11 is 0. The van der Waals surface area contributed by atoms with Gasteiger partial charge in [0.05, 0.1) is 12.1 Å². The fraction of sp³-hybridized carbons (Fsp3) is 0.917. The van der Waals surface area contributed by atoms with Gasteiger partial charge in [0.15, 0.2) is 0 Å². The molecule has 1 heterocycles. The third kappa shape index (κ3) is 3.94. The van der Waals surface area contributed by atoms with Crippen LogP contribution in [0.1, 0.15) is 20.3 Å². The molecule has 0 radical (unpaired) electrons. The van der Waals surface area contributed by atoms with E-state index in [0.717, 1.165) is 6.54 Å². The zero-order chi connectivity index (χ0) is 13.0. The topological polar surface area (TPSA) is 55.8 Å². The van der Waals surface area contributed by atoms with Gasteiger partial charge in [0.25, 0.3) is 0 Å². The largest absolute Gasteiger partial charge is 0.392 e. The Morgan fingerprint density at radius 1 is 1.53 bits per heavy atom. The molecule has 0 spiro atoms. The van der Waals surface area contributed by atoms with Crippen LogP contribution in [0.5, 0.6) is 0 Å². The first kappa shape index (κ1) is 14.4. The van der Waals surface area contributed by atoms with Crippen molar-refractivity contribution in [2.24, 2.45) is 0 Å². The van der Waals surface area contributed by atoms with Crippen LogP contribution >= 0.6 is 0 Å². The number of likely N-dealkylation sites (N-methyl/N-ethyl adjacent to an activating group) is 2. The Kier molecular flexibility index (Phi) is 5.36. The van der Waals surface area contributed by atoms with Gasteiger partial charge in [-0.1, -0.05) is 0 Å². The Hall–Kier alpha value is -0.650. The molecule has 0 aromatic rings. The highest BCUT2D eigenvalue weighted by Crippen LogP contribution is 2.12. The minimum absolute atomic E-state index is 0.110. The van der Waals surface area contributed by atoms with Gasteiger partial charge >= 0.3 is 0 Å². The van der Waals surface area contributed by atoms with Crippen molar-refractivity contribution >= 4 is 5.91 Å². The van der Waals surface area contributed by atoms with Gasteiger partial charge in [-0.15, -0.1) is 0 Å². The lowest BCUT2D eigenvalue weighted by Crippen LogP contribution is -2.50. The summed E-state index contributed by atoms with van der Waals surface area (Å²) in [6.45, 7) is 6.15. The second-order valence-corrected chi connectivity index (χ2v) is 5.09. The smallest absolute Gasteiger partial charge is 0.240 e. The molecule has 1 saturated heterocycles. The number of nitrogens with one attached hydrogen (secondary N) is 1. The molecule has 3 atom stereocenters. The number of hydrogen-bond donors (Lipinski definition) is 2. The van der Waals surface area contributed by atoms with Crippen molar-refractivity contribution < 1.29 is 9.90 Å². The maximum absolute atomic E-state index is 12.3. The number of carbonyl (C=O) groups excluding carboxylic acids is 1. The average Bonchev–Trinajstić information content (AvgIpc) is 2.64. The third-order valence-electron chi connectivity index (χ3n) is 3.19. The lowest BCUT2D eigenvalue weighted by molar-refractivity contribution is -0.135. The van der Waals surface area contributed by atoms with Crippen LogP contribution in [0, 0.1) is 0 Å². The number of carbonyl (C=O) groups is 1. The molecule has 0 aromatic heterocycles. The van der Waals surface area contributed by atoms with E-state index in [2.05, 4.69) is 17.1 Å². The summed E-state index contributed by atoms with van der Waals surface area (Å²) in [5, 5.41) is 12.5. The Morgan fingerprint density at radius 3 is 2.59 bits per heavy atom. The van der Waals surface area contributed by atoms with Gasteiger partial charge in [0, 0.05) is 25.7 Å². The Balaban J connectivity index is 2.57. The molecule has 0 aliphatic carbocycles. The molecular weight excluding hydrogens is 218 g/mol. The fourth-order valence-electron chi connectivity index (χ4n) is 2.42. The maximum atomic E-state index is 12.3. The third-order valence-corrected chi connectivity index (χ3v) is 3.19. The SMILES string of the molecule is CCN(C(=O)C1CC(O)CN1)C(C)CN(C)C. The van der Waals surface area contributed by atoms with Crippen molar-refractivity contribution in [3.63, 3.8) is 0 Å².